The van der Waals surface area contributed by atoms with Crippen LogP contribution >= 0.6 is 0 Å². The van der Waals surface area contributed by atoms with Gasteiger partial charge in [0.2, 0.25) is 0 Å². The molecular formula is C16H23FN2O2. The van der Waals surface area contributed by atoms with Crippen LogP contribution in [0.15, 0.2) is 30.3 Å². The number of aliphatic hydroxyl groups is 1. The zero-order valence-electron chi connectivity index (χ0n) is 12.2. The minimum Gasteiger partial charge on any atom is -0.394 e. The lowest BCUT2D eigenvalue weighted by molar-refractivity contribution is -0.122. The van der Waals surface area contributed by atoms with Crippen LogP contribution in [0.1, 0.15) is 30.9 Å². The van der Waals surface area contributed by atoms with E-state index >= 15 is 0 Å². The molecule has 2 N–H and O–H groups in total. The summed E-state index contributed by atoms with van der Waals surface area (Å²) >= 11 is 0. The van der Waals surface area contributed by atoms with Gasteiger partial charge >= 0.3 is 0 Å². The lowest BCUT2D eigenvalue weighted by Crippen LogP contribution is -2.49. The summed E-state index contributed by atoms with van der Waals surface area (Å²) in [4.78, 5) is 13.3. The fourth-order valence-electron chi connectivity index (χ4n) is 3.01. The van der Waals surface area contributed by atoms with E-state index in [2.05, 4.69) is 10.2 Å². The van der Waals surface area contributed by atoms with Crippen molar-refractivity contribution in [3.05, 3.63) is 35.9 Å². The van der Waals surface area contributed by atoms with Crippen LogP contribution in [0.25, 0.3) is 0 Å². The number of benzene rings is 1. The number of alkyl halides is 1. The normalized spacial score (nSPS) is 21.0. The van der Waals surface area contributed by atoms with Crippen LogP contribution < -0.4 is 5.32 Å². The fraction of sp³-hybridized carbons (Fsp3) is 0.562. The third-order valence-corrected chi connectivity index (χ3v) is 4.09. The lowest BCUT2D eigenvalue weighted by atomic mass is 9.96. The SMILES string of the molecule is O=C(CF)NC[C@@H]1CCCCN1[C@@H](CO)c1ccccc1. The van der Waals surface area contributed by atoms with E-state index < -0.39 is 12.6 Å². The molecule has 1 saturated heterocycles. The summed E-state index contributed by atoms with van der Waals surface area (Å²) in [6.07, 6.45) is 3.13. The molecule has 2 atom stereocenters. The molecule has 2 rings (SSSR count). The Balaban J connectivity index is 2.07. The van der Waals surface area contributed by atoms with Crippen molar-refractivity contribution < 1.29 is 14.3 Å². The number of piperidine rings is 1. The van der Waals surface area contributed by atoms with Crippen LogP contribution in [0, 0.1) is 0 Å². The summed E-state index contributed by atoms with van der Waals surface area (Å²) in [7, 11) is 0. The van der Waals surface area contributed by atoms with Crippen molar-refractivity contribution in [3.8, 4) is 0 Å². The predicted octanol–water partition coefficient (Wildman–Crippen LogP) is 1.66. The van der Waals surface area contributed by atoms with Crippen molar-refractivity contribution in [3.63, 3.8) is 0 Å². The summed E-state index contributed by atoms with van der Waals surface area (Å²) in [5, 5.41) is 12.4. The van der Waals surface area contributed by atoms with Crippen LogP contribution in [-0.2, 0) is 4.79 Å². The Labute approximate surface area is 125 Å². The monoisotopic (exact) mass is 294 g/mol. The van der Waals surface area contributed by atoms with E-state index in [0.29, 0.717) is 6.54 Å². The zero-order chi connectivity index (χ0) is 15.1. The smallest absolute Gasteiger partial charge is 0.251 e. The van der Waals surface area contributed by atoms with Gasteiger partial charge in [-0.3, -0.25) is 9.69 Å². The maximum atomic E-state index is 12.3. The quantitative estimate of drug-likeness (QED) is 0.839. The number of carbonyl (C=O) groups excluding carboxylic acids is 1. The molecule has 1 heterocycles. The standard InChI is InChI=1S/C16H23FN2O2/c17-10-16(21)18-11-14-8-4-5-9-19(14)15(12-20)13-6-2-1-3-7-13/h1-3,6-7,14-15,20H,4-5,8-12H2,(H,18,21)/t14-,15-/m0/s1. The Bertz CT molecular complexity index is 441. The second-order valence-electron chi connectivity index (χ2n) is 5.43. The molecule has 4 nitrogen and oxygen atoms in total. The number of aliphatic hydroxyl groups excluding tert-OH is 1. The first-order valence-electron chi connectivity index (χ1n) is 7.50. The van der Waals surface area contributed by atoms with Gasteiger partial charge in [-0.15, -0.1) is 0 Å². The van der Waals surface area contributed by atoms with Crippen LogP contribution in [0.2, 0.25) is 0 Å². The summed E-state index contributed by atoms with van der Waals surface area (Å²) in [5.74, 6) is -0.569. The van der Waals surface area contributed by atoms with Crippen LogP contribution in [0.4, 0.5) is 4.39 Å². The molecule has 1 aromatic carbocycles. The Morgan fingerprint density at radius 3 is 2.81 bits per heavy atom. The largest absolute Gasteiger partial charge is 0.394 e. The minimum absolute atomic E-state index is 0.0393. The molecule has 0 radical (unpaired) electrons. The first-order chi connectivity index (χ1) is 10.3. The number of hydrogen-bond acceptors (Lipinski definition) is 3. The average molecular weight is 294 g/mol. The van der Waals surface area contributed by atoms with Crippen molar-refractivity contribution >= 4 is 5.91 Å². The number of hydrogen-bond donors (Lipinski definition) is 2. The van der Waals surface area contributed by atoms with Gasteiger partial charge in [-0.05, 0) is 24.9 Å². The van der Waals surface area contributed by atoms with Crippen molar-refractivity contribution in [1.82, 2.24) is 10.2 Å². The molecule has 0 unspecified atom stereocenters. The third-order valence-electron chi connectivity index (χ3n) is 4.09. The van der Waals surface area contributed by atoms with Gasteiger partial charge < -0.3 is 10.4 Å². The Kier molecular flexibility index (Phi) is 6.14. The highest BCUT2D eigenvalue weighted by atomic mass is 19.1. The van der Waals surface area contributed by atoms with Gasteiger partial charge in [0, 0.05) is 12.6 Å². The van der Waals surface area contributed by atoms with E-state index in [1.54, 1.807) is 0 Å². The molecule has 0 aromatic heterocycles. The molecule has 1 aromatic rings. The molecule has 0 spiro atoms. The summed E-state index contributed by atoms with van der Waals surface area (Å²) < 4.78 is 12.3. The van der Waals surface area contributed by atoms with E-state index in [0.717, 1.165) is 31.4 Å². The van der Waals surface area contributed by atoms with Gasteiger partial charge in [0.05, 0.1) is 12.6 Å². The topological polar surface area (TPSA) is 52.6 Å². The van der Waals surface area contributed by atoms with E-state index in [-0.39, 0.29) is 18.7 Å². The molecule has 1 aliphatic heterocycles. The Hall–Kier alpha value is -1.46. The molecule has 1 amide bonds. The summed E-state index contributed by atoms with van der Waals surface area (Å²) in [6.45, 7) is 0.384. The summed E-state index contributed by atoms with van der Waals surface area (Å²) in [5.41, 5.74) is 1.07. The number of nitrogens with zero attached hydrogens (tertiary/aromatic N) is 1. The zero-order valence-corrected chi connectivity index (χ0v) is 12.2. The number of halogens is 1. The van der Waals surface area contributed by atoms with Crippen molar-refractivity contribution in [1.29, 1.82) is 0 Å². The highest BCUT2D eigenvalue weighted by Gasteiger charge is 2.29. The van der Waals surface area contributed by atoms with Crippen molar-refractivity contribution in [2.75, 3.05) is 26.4 Å². The van der Waals surface area contributed by atoms with Gasteiger partial charge in [0.15, 0.2) is 6.67 Å². The molecule has 21 heavy (non-hydrogen) atoms. The number of amides is 1. The minimum atomic E-state index is -0.977. The summed E-state index contributed by atoms with van der Waals surface area (Å²) in [6, 6.07) is 9.96. The third kappa shape index (κ3) is 4.25. The number of likely N-dealkylation sites (tertiary alicyclic amines) is 1. The molecule has 5 heteroatoms. The Morgan fingerprint density at radius 1 is 1.38 bits per heavy atom. The maximum Gasteiger partial charge on any atom is 0.251 e. The van der Waals surface area contributed by atoms with Crippen LogP contribution in [0.5, 0.6) is 0 Å². The van der Waals surface area contributed by atoms with Gasteiger partial charge in [-0.25, -0.2) is 4.39 Å². The fourth-order valence-corrected chi connectivity index (χ4v) is 3.01. The maximum absolute atomic E-state index is 12.3. The first-order valence-corrected chi connectivity index (χ1v) is 7.50. The average Bonchev–Trinajstić information content (AvgIpc) is 2.55. The van der Waals surface area contributed by atoms with Crippen molar-refractivity contribution in [2.45, 2.75) is 31.3 Å². The Morgan fingerprint density at radius 2 is 2.14 bits per heavy atom. The van der Waals surface area contributed by atoms with E-state index in [1.807, 2.05) is 30.3 Å². The predicted molar refractivity (Wildman–Crippen MR) is 79.6 cm³/mol. The second kappa shape index (κ2) is 8.10. The number of rotatable bonds is 6. The van der Waals surface area contributed by atoms with Crippen molar-refractivity contribution in [2.24, 2.45) is 0 Å². The molecule has 116 valence electrons. The molecule has 0 saturated carbocycles. The molecule has 1 fully saturated rings. The van der Waals surface area contributed by atoms with Gasteiger partial charge in [-0.1, -0.05) is 36.8 Å². The van der Waals surface area contributed by atoms with Gasteiger partial charge in [0.1, 0.15) is 0 Å². The number of nitrogens with one attached hydrogen (secondary N) is 1. The van der Waals surface area contributed by atoms with Gasteiger partial charge in [-0.2, -0.15) is 0 Å². The molecule has 1 aliphatic rings. The highest BCUT2D eigenvalue weighted by molar-refractivity contribution is 5.76. The lowest BCUT2D eigenvalue weighted by Gasteiger charge is -2.41. The second-order valence-corrected chi connectivity index (χ2v) is 5.43. The molecule has 0 aliphatic carbocycles. The molecule has 0 bridgehead atoms. The molecular weight excluding hydrogens is 271 g/mol. The number of carbonyl (C=O) groups is 1. The van der Waals surface area contributed by atoms with E-state index in [1.165, 1.54) is 0 Å². The van der Waals surface area contributed by atoms with E-state index in [9.17, 15) is 14.3 Å². The van der Waals surface area contributed by atoms with Gasteiger partial charge in [0.25, 0.3) is 5.91 Å². The van der Waals surface area contributed by atoms with Crippen LogP contribution in [0.3, 0.4) is 0 Å². The first kappa shape index (κ1) is 15.9. The highest BCUT2D eigenvalue weighted by Crippen LogP contribution is 2.28. The van der Waals surface area contributed by atoms with E-state index in [4.69, 9.17) is 0 Å². The van der Waals surface area contributed by atoms with Crippen LogP contribution in [-0.4, -0.2) is 48.3 Å².